The number of hydrogen-bond donors (Lipinski definition) is 1. The van der Waals surface area contributed by atoms with Crippen molar-refractivity contribution in [3.05, 3.63) is 55.9 Å². The first-order chi connectivity index (χ1) is 12.4. The van der Waals surface area contributed by atoms with Gasteiger partial charge in [0.25, 0.3) is 11.2 Å². The number of nitrogens with zero attached hydrogens (tertiary/aromatic N) is 3. The number of nitrogens with one attached hydrogen (secondary N) is 1. The van der Waals surface area contributed by atoms with Gasteiger partial charge in [0.1, 0.15) is 5.82 Å². The zero-order chi connectivity index (χ0) is 18.8. The van der Waals surface area contributed by atoms with Crippen molar-refractivity contribution in [3.63, 3.8) is 0 Å². The topological polar surface area (TPSA) is 107 Å². The van der Waals surface area contributed by atoms with Crippen LogP contribution in [0.4, 0.5) is 11.5 Å². The summed E-state index contributed by atoms with van der Waals surface area (Å²) in [4.78, 5) is 39.2. The van der Waals surface area contributed by atoms with E-state index in [2.05, 4.69) is 16.2 Å². The zero-order valence-electron chi connectivity index (χ0n) is 13.8. The maximum Gasteiger partial charge on any atom is 0.279 e. The third-order valence-corrected chi connectivity index (χ3v) is 5.03. The van der Waals surface area contributed by atoms with Crippen LogP contribution in [-0.2, 0) is 11.8 Å². The smallest absolute Gasteiger partial charge is 0.279 e. The highest BCUT2D eigenvalue weighted by Crippen LogP contribution is 2.36. The van der Waals surface area contributed by atoms with Gasteiger partial charge in [0.05, 0.1) is 16.2 Å². The van der Waals surface area contributed by atoms with Crippen LogP contribution in [0.3, 0.4) is 0 Å². The summed E-state index contributed by atoms with van der Waals surface area (Å²) in [6.45, 7) is 0. The molecule has 1 unspecified atom stereocenters. The second-order valence-corrected chi connectivity index (χ2v) is 6.61. The molecule has 3 rings (SSSR count). The largest absolute Gasteiger partial charge is 0.312 e. The van der Waals surface area contributed by atoms with Crippen LogP contribution in [0.1, 0.15) is 23.5 Å². The van der Waals surface area contributed by atoms with Crippen molar-refractivity contribution in [1.82, 2.24) is 9.55 Å². The van der Waals surface area contributed by atoms with E-state index in [9.17, 15) is 19.7 Å². The van der Waals surface area contributed by atoms with Crippen LogP contribution in [0.15, 0.2) is 34.2 Å². The molecule has 0 saturated heterocycles. The molecule has 1 atom stereocenters. The van der Waals surface area contributed by atoms with Gasteiger partial charge >= 0.3 is 0 Å². The SMILES string of the molecule is C#CCSc1nc(=O)c2c(n1C)NC(=O)CC2c1ccc([N+](=O)[O-])cc1. The van der Waals surface area contributed by atoms with Crippen molar-refractivity contribution >= 4 is 29.2 Å². The van der Waals surface area contributed by atoms with E-state index in [0.29, 0.717) is 27.9 Å². The molecule has 2 aromatic rings. The van der Waals surface area contributed by atoms with Crippen LogP contribution in [0.25, 0.3) is 0 Å². The Hall–Kier alpha value is -3.12. The quantitative estimate of drug-likeness (QED) is 0.290. The Morgan fingerprint density at radius 2 is 2.12 bits per heavy atom. The number of non-ortho nitro benzene ring substituents is 1. The molecule has 1 N–H and O–H groups in total. The molecular formula is C17H14N4O4S. The maximum atomic E-state index is 12.6. The van der Waals surface area contributed by atoms with Crippen LogP contribution in [0.2, 0.25) is 0 Å². The molecule has 8 nitrogen and oxygen atoms in total. The molecule has 1 aliphatic rings. The number of nitro groups is 1. The van der Waals surface area contributed by atoms with Crippen LogP contribution < -0.4 is 10.9 Å². The van der Waals surface area contributed by atoms with Gasteiger partial charge in [-0.3, -0.25) is 19.7 Å². The summed E-state index contributed by atoms with van der Waals surface area (Å²) in [6.07, 6.45) is 5.32. The minimum absolute atomic E-state index is 0.0544. The first-order valence-corrected chi connectivity index (χ1v) is 8.62. The Kier molecular flexibility index (Phi) is 4.77. The minimum Gasteiger partial charge on any atom is -0.312 e. The van der Waals surface area contributed by atoms with Gasteiger partial charge in [0.15, 0.2) is 5.16 Å². The Bertz CT molecular complexity index is 992. The van der Waals surface area contributed by atoms with E-state index in [1.807, 2.05) is 0 Å². The highest BCUT2D eigenvalue weighted by molar-refractivity contribution is 7.99. The zero-order valence-corrected chi connectivity index (χ0v) is 14.6. The number of benzene rings is 1. The van der Waals surface area contributed by atoms with Gasteiger partial charge in [-0.1, -0.05) is 29.8 Å². The number of aromatic nitrogens is 2. The summed E-state index contributed by atoms with van der Waals surface area (Å²) >= 11 is 1.23. The average molecular weight is 370 g/mol. The molecule has 1 aliphatic heterocycles. The highest BCUT2D eigenvalue weighted by Gasteiger charge is 2.32. The first-order valence-electron chi connectivity index (χ1n) is 7.63. The Morgan fingerprint density at radius 3 is 2.73 bits per heavy atom. The van der Waals surface area contributed by atoms with E-state index in [1.165, 1.54) is 23.9 Å². The van der Waals surface area contributed by atoms with Gasteiger partial charge < -0.3 is 9.88 Å². The van der Waals surface area contributed by atoms with Crippen molar-refractivity contribution < 1.29 is 9.72 Å². The van der Waals surface area contributed by atoms with E-state index < -0.39 is 16.4 Å². The lowest BCUT2D eigenvalue weighted by molar-refractivity contribution is -0.384. The average Bonchev–Trinajstić information content (AvgIpc) is 2.62. The number of thioether (sulfide) groups is 1. The molecule has 1 aromatic heterocycles. The van der Waals surface area contributed by atoms with Gasteiger partial charge in [-0.2, -0.15) is 4.98 Å². The van der Waals surface area contributed by atoms with Crippen molar-refractivity contribution in [2.75, 3.05) is 11.1 Å². The third-order valence-electron chi connectivity index (χ3n) is 4.09. The summed E-state index contributed by atoms with van der Waals surface area (Å²) in [5, 5.41) is 14.0. The first kappa shape index (κ1) is 17.7. The number of amides is 1. The van der Waals surface area contributed by atoms with E-state index in [0.717, 1.165) is 0 Å². The standard InChI is InChI=1S/C17H14N4O4S/c1-3-8-26-17-19-16(23)14-12(9-13(22)18-15(14)20(17)2)10-4-6-11(7-5-10)21(24)25/h1,4-7,12H,8-9H2,2H3,(H,18,22). The van der Waals surface area contributed by atoms with E-state index in [4.69, 9.17) is 6.42 Å². The van der Waals surface area contributed by atoms with E-state index in [1.54, 1.807) is 23.7 Å². The number of hydrogen-bond acceptors (Lipinski definition) is 6. The fraction of sp³-hybridized carbons (Fsp3) is 0.235. The van der Waals surface area contributed by atoms with Gasteiger partial charge in [-0.15, -0.1) is 6.42 Å². The minimum atomic E-state index is -0.516. The van der Waals surface area contributed by atoms with Crippen molar-refractivity contribution in [2.24, 2.45) is 7.05 Å². The van der Waals surface area contributed by atoms with Gasteiger partial charge in [0, 0.05) is 31.5 Å². The molecule has 0 aliphatic carbocycles. The molecule has 0 radical (unpaired) electrons. The van der Waals surface area contributed by atoms with Crippen LogP contribution in [-0.4, -0.2) is 26.1 Å². The van der Waals surface area contributed by atoms with Gasteiger partial charge in [0.2, 0.25) is 5.91 Å². The number of rotatable bonds is 4. The molecule has 132 valence electrons. The fourth-order valence-electron chi connectivity index (χ4n) is 2.88. The molecule has 0 saturated carbocycles. The molecule has 26 heavy (non-hydrogen) atoms. The lowest BCUT2D eigenvalue weighted by atomic mass is 9.86. The van der Waals surface area contributed by atoms with Gasteiger partial charge in [-0.25, -0.2) is 0 Å². The van der Waals surface area contributed by atoms with Crippen molar-refractivity contribution in [1.29, 1.82) is 0 Å². The second-order valence-electron chi connectivity index (χ2n) is 5.67. The number of carbonyl (C=O) groups excluding carboxylic acids is 1. The lowest BCUT2D eigenvalue weighted by Gasteiger charge is -2.27. The summed E-state index contributed by atoms with van der Waals surface area (Å²) in [5.74, 6) is 2.43. The second kappa shape index (κ2) is 7.01. The third kappa shape index (κ3) is 3.19. The van der Waals surface area contributed by atoms with Crippen LogP contribution in [0.5, 0.6) is 0 Å². The Labute approximate surface area is 152 Å². The summed E-state index contributed by atoms with van der Waals surface area (Å²) in [6, 6.07) is 5.84. The lowest BCUT2D eigenvalue weighted by Crippen LogP contribution is -2.33. The van der Waals surface area contributed by atoms with E-state index >= 15 is 0 Å². The summed E-state index contributed by atoms with van der Waals surface area (Å²) < 4.78 is 1.63. The normalized spacial score (nSPS) is 15.7. The Balaban J connectivity index is 2.10. The monoisotopic (exact) mass is 370 g/mol. The predicted molar refractivity (Wildman–Crippen MR) is 97.2 cm³/mol. The number of fused-ring (bicyclic) bond motifs is 1. The van der Waals surface area contributed by atoms with Crippen molar-refractivity contribution in [3.8, 4) is 12.3 Å². The molecule has 2 heterocycles. The highest BCUT2D eigenvalue weighted by atomic mass is 32.2. The molecule has 1 amide bonds. The molecule has 1 aromatic carbocycles. The van der Waals surface area contributed by atoms with E-state index in [-0.39, 0.29) is 18.0 Å². The molecule has 0 spiro atoms. The van der Waals surface area contributed by atoms with Crippen LogP contribution >= 0.6 is 11.8 Å². The number of anilines is 1. The number of nitro benzene ring substituents is 1. The maximum absolute atomic E-state index is 12.6. The Morgan fingerprint density at radius 1 is 1.42 bits per heavy atom. The fourth-order valence-corrected chi connectivity index (χ4v) is 3.53. The predicted octanol–water partition coefficient (Wildman–Crippen LogP) is 1.89. The molecule has 9 heteroatoms. The molecule has 0 fully saturated rings. The summed E-state index contributed by atoms with van der Waals surface area (Å²) in [7, 11) is 1.70. The molecular weight excluding hydrogens is 356 g/mol. The number of carbonyl (C=O) groups is 1. The van der Waals surface area contributed by atoms with Gasteiger partial charge in [-0.05, 0) is 5.56 Å². The molecule has 0 bridgehead atoms. The van der Waals surface area contributed by atoms with Crippen molar-refractivity contribution in [2.45, 2.75) is 17.5 Å². The number of terminal acetylenes is 1. The van der Waals surface area contributed by atoms with Crippen LogP contribution in [0, 0.1) is 22.5 Å². The summed E-state index contributed by atoms with van der Waals surface area (Å²) in [5.41, 5.74) is 0.517.